The molecule has 5 N–H and O–H groups in total. The lowest BCUT2D eigenvalue weighted by Gasteiger charge is -2.44. The fourth-order valence-corrected chi connectivity index (χ4v) is 11.2. The third kappa shape index (κ3) is 8.05. The molecule has 4 saturated carbocycles. The molecule has 6 fully saturated rings. The van der Waals surface area contributed by atoms with Crippen LogP contribution >= 0.6 is 11.6 Å². The van der Waals surface area contributed by atoms with Gasteiger partial charge in [-0.25, -0.2) is 10.9 Å². The van der Waals surface area contributed by atoms with Gasteiger partial charge in [0, 0.05) is 55.8 Å². The van der Waals surface area contributed by atoms with Crippen LogP contribution < -0.4 is 21.5 Å². The number of hydrogen-bond donors (Lipinski definition) is 5. The summed E-state index contributed by atoms with van der Waals surface area (Å²) in [4.78, 5) is 34.8. The number of aliphatic imine (C=N–C) groups is 1. The van der Waals surface area contributed by atoms with Gasteiger partial charge in [-0.05, 0) is 113 Å². The van der Waals surface area contributed by atoms with E-state index >= 15 is 0 Å². The average Bonchev–Trinajstić information content (AvgIpc) is 3.66. The molecule has 49 heavy (non-hydrogen) atoms. The smallest absolute Gasteiger partial charge is 0.427 e. The number of nitrogens with one attached hydrogen (secondary N) is 4. The lowest BCUT2D eigenvalue weighted by atomic mass is 9.57. The van der Waals surface area contributed by atoms with Crippen LogP contribution in [-0.4, -0.2) is 97.3 Å². The van der Waals surface area contributed by atoms with E-state index in [0.717, 1.165) is 77.0 Å². The van der Waals surface area contributed by atoms with Crippen molar-refractivity contribution in [2.75, 3.05) is 26.8 Å². The highest BCUT2D eigenvalue weighted by atomic mass is 35.5. The number of nitrogens with zero attached hydrogens (tertiary/aromatic N) is 2. The van der Waals surface area contributed by atoms with Gasteiger partial charge in [-0.3, -0.25) is 19.5 Å². The molecule has 0 bridgehead atoms. The molecule has 11 nitrogen and oxygen atoms in total. The van der Waals surface area contributed by atoms with Crippen molar-refractivity contribution in [1.29, 1.82) is 0 Å². The number of alkyl halides is 1. The van der Waals surface area contributed by atoms with E-state index in [0.29, 0.717) is 61.7 Å². The van der Waals surface area contributed by atoms with E-state index in [1.165, 1.54) is 18.6 Å². The van der Waals surface area contributed by atoms with Crippen molar-refractivity contribution < 1.29 is 24.0 Å². The molecule has 7 rings (SSSR count). The molecule has 11 atom stereocenters. The second-order valence-electron chi connectivity index (χ2n) is 16.5. The molecule has 0 aromatic rings. The number of hydrogen-bond acceptors (Lipinski definition) is 9. The van der Waals surface area contributed by atoms with Crippen LogP contribution in [0.2, 0.25) is 5.82 Å². The van der Waals surface area contributed by atoms with Crippen LogP contribution in [-0.2, 0) is 19.0 Å². The highest BCUT2D eigenvalue weighted by Crippen LogP contribution is 2.49. The van der Waals surface area contributed by atoms with Crippen LogP contribution in [0.15, 0.2) is 4.99 Å². The molecular weight excluding hydrogens is 643 g/mol. The quantitative estimate of drug-likeness (QED) is 0.140. The number of methoxy groups -OCH3 is 1. The summed E-state index contributed by atoms with van der Waals surface area (Å²) in [6.45, 7) is 3.73. The van der Waals surface area contributed by atoms with Crippen LogP contribution in [0.25, 0.3) is 0 Å². The second kappa shape index (κ2) is 16.2. The number of hydrazine groups is 1. The first kappa shape index (κ1) is 36.1. The van der Waals surface area contributed by atoms with Gasteiger partial charge in [-0.15, -0.1) is 11.6 Å². The molecular formula is C36H60BClN6O5. The van der Waals surface area contributed by atoms with Gasteiger partial charge in [0.1, 0.15) is 0 Å². The average molecular weight is 703 g/mol. The van der Waals surface area contributed by atoms with Gasteiger partial charge in [0.2, 0.25) is 11.8 Å². The maximum Gasteiger partial charge on any atom is 0.457 e. The zero-order valence-electron chi connectivity index (χ0n) is 29.7. The van der Waals surface area contributed by atoms with Crippen molar-refractivity contribution in [3.8, 4) is 0 Å². The normalized spacial score (nSPS) is 42.7. The molecule has 2 amide bonds. The SMILES string of the molecule is COC1CCC2C(C1)C(C1CCC(Cl)CC1)=N[C@@H](CC(=O)NCCNC(=O)C1CCCC(C3CCC4COB(O)C4C3)C1)C1NNC(C)N21. The van der Waals surface area contributed by atoms with Gasteiger partial charge in [-0.2, -0.15) is 0 Å². The van der Waals surface area contributed by atoms with E-state index in [9.17, 15) is 14.6 Å². The van der Waals surface area contributed by atoms with Crippen LogP contribution in [0, 0.1) is 35.5 Å². The maximum absolute atomic E-state index is 13.5. The Morgan fingerprint density at radius 2 is 1.76 bits per heavy atom. The van der Waals surface area contributed by atoms with Crippen molar-refractivity contribution in [3.63, 3.8) is 0 Å². The lowest BCUT2D eigenvalue weighted by Crippen LogP contribution is -2.55. The van der Waals surface area contributed by atoms with Gasteiger partial charge in [-0.1, -0.05) is 12.8 Å². The summed E-state index contributed by atoms with van der Waals surface area (Å²) < 4.78 is 11.4. The van der Waals surface area contributed by atoms with Crippen molar-refractivity contribution in [2.45, 2.75) is 145 Å². The van der Waals surface area contributed by atoms with E-state index in [-0.39, 0.29) is 53.4 Å². The Labute approximate surface area is 298 Å². The molecule has 0 aromatic carbocycles. The van der Waals surface area contributed by atoms with Gasteiger partial charge in [0.25, 0.3) is 0 Å². The van der Waals surface area contributed by atoms with Crippen molar-refractivity contribution >= 4 is 36.2 Å². The Morgan fingerprint density at radius 1 is 0.980 bits per heavy atom. The van der Waals surface area contributed by atoms with Gasteiger partial charge < -0.3 is 25.0 Å². The number of halogens is 1. The minimum Gasteiger partial charge on any atom is -0.427 e. The standard InChI is InChI=1S/C36H60BClN6O5/c1-21-42-43-35-31(41-34(22-8-10-27(38)11-9-22)29-18-28(48-2)12-13-32(29)44(21)35)19-33(45)39-14-15-40-36(46)25-5-3-4-23(16-25)24-6-7-26-20-49-37(47)30(26)17-24/h21-32,35,42-43,47H,3-20H2,1-2H3,(H,39,45)(H,40,46)/t21?,22?,23?,24?,25?,26?,27?,28?,29?,30?,31-,32?,35?/m0/s1. The molecule has 3 aliphatic heterocycles. The summed E-state index contributed by atoms with van der Waals surface area (Å²) in [5, 5.41) is 16.8. The summed E-state index contributed by atoms with van der Waals surface area (Å²) in [5.74, 6) is 2.70. The molecule has 0 spiro atoms. The number of carbonyl (C=O) groups is 2. The van der Waals surface area contributed by atoms with Crippen LogP contribution in [0.3, 0.4) is 0 Å². The van der Waals surface area contributed by atoms with Crippen molar-refractivity contribution in [3.05, 3.63) is 0 Å². The third-order valence-electron chi connectivity index (χ3n) is 13.7. The molecule has 0 radical (unpaired) electrons. The molecule has 10 unspecified atom stereocenters. The fourth-order valence-electron chi connectivity index (χ4n) is 11.0. The second-order valence-corrected chi connectivity index (χ2v) is 17.1. The first-order chi connectivity index (χ1) is 23.8. The van der Waals surface area contributed by atoms with E-state index in [1.807, 2.05) is 7.11 Å². The first-order valence-corrected chi connectivity index (χ1v) is 20.1. The highest BCUT2D eigenvalue weighted by Gasteiger charge is 2.50. The largest absolute Gasteiger partial charge is 0.457 e. The van der Waals surface area contributed by atoms with Crippen molar-refractivity contribution in [2.24, 2.45) is 40.5 Å². The number of rotatable bonds is 9. The molecule has 4 aliphatic carbocycles. The van der Waals surface area contributed by atoms with Crippen LogP contribution in [0.5, 0.6) is 0 Å². The molecule has 274 valence electrons. The lowest BCUT2D eigenvalue weighted by molar-refractivity contribution is -0.127. The van der Waals surface area contributed by atoms with Gasteiger partial charge in [0.15, 0.2) is 0 Å². The summed E-state index contributed by atoms with van der Waals surface area (Å²) in [5.41, 5.74) is 8.24. The summed E-state index contributed by atoms with van der Waals surface area (Å²) in [6.07, 6.45) is 15.2. The van der Waals surface area contributed by atoms with Gasteiger partial charge >= 0.3 is 7.12 Å². The topological polar surface area (TPSA) is 137 Å². The monoisotopic (exact) mass is 702 g/mol. The van der Waals surface area contributed by atoms with Crippen molar-refractivity contribution in [1.82, 2.24) is 26.4 Å². The Balaban J connectivity index is 0.932. The molecule has 2 saturated heterocycles. The Hall–Kier alpha value is -1.28. The summed E-state index contributed by atoms with van der Waals surface area (Å²) >= 11 is 6.54. The van der Waals surface area contributed by atoms with Gasteiger partial charge in [0.05, 0.1) is 30.9 Å². The van der Waals surface area contributed by atoms with Crippen LogP contribution in [0.4, 0.5) is 0 Å². The van der Waals surface area contributed by atoms with Crippen LogP contribution in [0.1, 0.15) is 103 Å². The number of amides is 2. The molecule has 0 aromatic heterocycles. The number of carbonyl (C=O) groups excluding carboxylic acids is 2. The van der Waals surface area contributed by atoms with E-state index in [1.54, 1.807) is 0 Å². The first-order valence-electron chi connectivity index (χ1n) is 19.7. The number of ether oxygens (including phenoxy) is 1. The fraction of sp³-hybridized carbons (Fsp3) is 0.917. The van der Waals surface area contributed by atoms with E-state index < -0.39 is 7.12 Å². The molecule has 13 heteroatoms. The Bertz CT molecular complexity index is 1190. The zero-order chi connectivity index (χ0) is 34.1. The Kier molecular flexibility index (Phi) is 11.9. The minimum absolute atomic E-state index is 0.0275. The molecule has 3 heterocycles. The Morgan fingerprint density at radius 3 is 2.57 bits per heavy atom. The van der Waals surface area contributed by atoms with E-state index in [4.69, 9.17) is 26.0 Å². The minimum atomic E-state index is -0.611. The van der Waals surface area contributed by atoms with E-state index in [2.05, 4.69) is 33.3 Å². The third-order valence-corrected chi connectivity index (χ3v) is 14.1. The summed E-state index contributed by atoms with van der Waals surface area (Å²) in [7, 11) is 1.22. The number of fused-ring (bicyclic) bond motifs is 4. The zero-order valence-corrected chi connectivity index (χ0v) is 30.4. The summed E-state index contributed by atoms with van der Waals surface area (Å²) in [6, 6.07) is 0.135. The highest BCUT2D eigenvalue weighted by molar-refractivity contribution is 6.45. The molecule has 7 aliphatic rings. The predicted octanol–water partition coefficient (Wildman–Crippen LogP) is 3.60. The maximum atomic E-state index is 13.5. The predicted molar refractivity (Wildman–Crippen MR) is 191 cm³/mol.